The Kier molecular flexibility index (Phi) is 8.81. The van der Waals surface area contributed by atoms with Gasteiger partial charge in [0.25, 0.3) is 0 Å². The highest BCUT2D eigenvalue weighted by Gasteiger charge is 2.18. The summed E-state index contributed by atoms with van der Waals surface area (Å²) in [5.41, 5.74) is 1.96. The lowest BCUT2D eigenvalue weighted by Crippen LogP contribution is -2.37. The fourth-order valence-corrected chi connectivity index (χ4v) is 4.44. The van der Waals surface area contributed by atoms with Crippen LogP contribution in [0.15, 0.2) is 40.1 Å². The Bertz CT molecular complexity index is 734. The van der Waals surface area contributed by atoms with E-state index in [0.29, 0.717) is 12.3 Å². The fraction of sp³-hybridized carbons (Fsp3) is 0.450. The van der Waals surface area contributed by atoms with Gasteiger partial charge in [0.2, 0.25) is 5.91 Å². The number of hydrogen-bond donors (Lipinski definition) is 1. The predicted octanol–water partition coefficient (Wildman–Crippen LogP) is 3.87. The molecule has 0 radical (unpaired) electrons. The zero-order valence-corrected chi connectivity index (χ0v) is 17.6. The number of nitrogens with zero attached hydrogens (tertiary/aromatic N) is 1. The van der Waals surface area contributed by atoms with Crippen LogP contribution in [0.2, 0.25) is 0 Å². The largest absolute Gasteiger partial charge is 0.466 e. The first kappa shape index (κ1) is 21.4. The van der Waals surface area contributed by atoms with Crippen molar-refractivity contribution < 1.29 is 14.3 Å². The smallest absolute Gasteiger partial charge is 0.311 e. The van der Waals surface area contributed by atoms with Gasteiger partial charge in [-0.1, -0.05) is 42.1 Å². The van der Waals surface area contributed by atoms with Crippen molar-refractivity contribution in [2.45, 2.75) is 55.7 Å². The second kappa shape index (κ2) is 11.1. The number of hydrogen-bond acceptors (Lipinski definition) is 6. The third-order valence-corrected chi connectivity index (χ3v) is 6.03. The number of aromatic nitrogens is 1. The Labute approximate surface area is 168 Å². The number of esters is 1. The summed E-state index contributed by atoms with van der Waals surface area (Å²) < 4.78 is 5.71. The van der Waals surface area contributed by atoms with Crippen molar-refractivity contribution in [1.29, 1.82) is 0 Å². The third-order valence-electron chi connectivity index (χ3n) is 3.91. The Morgan fingerprint density at radius 3 is 2.70 bits per heavy atom. The van der Waals surface area contributed by atoms with Gasteiger partial charge in [-0.2, -0.15) is 0 Å². The molecule has 1 aromatic carbocycles. The second-order valence-corrected chi connectivity index (χ2v) is 8.73. The molecule has 0 aliphatic heterocycles. The highest BCUT2D eigenvalue weighted by molar-refractivity contribution is 8.02. The molecule has 0 bridgehead atoms. The fourth-order valence-electron chi connectivity index (χ4n) is 2.45. The molecule has 0 spiro atoms. The molecule has 1 N–H and O–H groups in total. The number of carbonyl (C=O) groups is 2. The van der Waals surface area contributed by atoms with Crippen molar-refractivity contribution >= 4 is 35.0 Å². The van der Waals surface area contributed by atoms with E-state index in [-0.39, 0.29) is 29.6 Å². The maximum absolute atomic E-state index is 12.4. The average Bonchev–Trinajstić information content (AvgIpc) is 3.07. The zero-order valence-electron chi connectivity index (χ0n) is 15.9. The number of ether oxygens (including phenoxy) is 1. The van der Waals surface area contributed by atoms with E-state index in [2.05, 4.69) is 22.4 Å². The predicted molar refractivity (Wildman–Crippen MR) is 110 cm³/mol. The van der Waals surface area contributed by atoms with Crippen LogP contribution in [0.25, 0.3) is 0 Å². The van der Waals surface area contributed by atoms with Gasteiger partial charge in [-0.25, -0.2) is 4.98 Å². The number of thioether (sulfide) groups is 1. The molecular formula is C20H26N2O3S2. The Morgan fingerprint density at radius 2 is 2.00 bits per heavy atom. The summed E-state index contributed by atoms with van der Waals surface area (Å²) in [5.74, 6) is -0.278. The number of aryl methyl sites for hydroxylation is 1. The molecule has 0 fully saturated rings. The van der Waals surface area contributed by atoms with Crippen LogP contribution in [-0.4, -0.2) is 34.8 Å². The summed E-state index contributed by atoms with van der Waals surface area (Å²) in [7, 11) is 0. The minimum absolute atomic E-state index is 0.00250. The Balaban J connectivity index is 1.76. The van der Waals surface area contributed by atoms with Crippen molar-refractivity contribution in [3.8, 4) is 0 Å². The highest BCUT2D eigenvalue weighted by atomic mass is 32.2. The van der Waals surface area contributed by atoms with E-state index in [9.17, 15) is 9.59 Å². The van der Waals surface area contributed by atoms with Crippen LogP contribution >= 0.6 is 23.1 Å². The summed E-state index contributed by atoms with van der Waals surface area (Å²) in [6.07, 6.45) is 2.00. The van der Waals surface area contributed by atoms with Crippen molar-refractivity contribution in [2.75, 3.05) is 6.61 Å². The maximum Gasteiger partial charge on any atom is 0.311 e. The van der Waals surface area contributed by atoms with Crippen LogP contribution in [-0.2, 0) is 27.2 Å². The monoisotopic (exact) mass is 406 g/mol. The lowest BCUT2D eigenvalue weighted by molar-refractivity contribution is -0.142. The lowest BCUT2D eigenvalue weighted by atomic mass is 10.1. The molecule has 1 heterocycles. The highest BCUT2D eigenvalue weighted by Crippen LogP contribution is 2.27. The van der Waals surface area contributed by atoms with Crippen LogP contribution in [0.1, 0.15) is 38.4 Å². The van der Waals surface area contributed by atoms with Gasteiger partial charge in [-0.3, -0.25) is 9.59 Å². The number of rotatable bonds is 10. The van der Waals surface area contributed by atoms with Crippen LogP contribution in [0.4, 0.5) is 0 Å². The molecule has 5 nitrogen and oxygen atoms in total. The minimum atomic E-state index is -0.280. The number of benzene rings is 1. The number of carbonyl (C=O) groups excluding carboxylic acids is 2. The molecule has 0 aliphatic rings. The van der Waals surface area contributed by atoms with Crippen molar-refractivity contribution in [2.24, 2.45) is 0 Å². The number of thiazole rings is 1. The Morgan fingerprint density at radius 1 is 1.26 bits per heavy atom. The summed E-state index contributed by atoms with van der Waals surface area (Å²) in [4.78, 5) is 28.3. The molecular weight excluding hydrogens is 380 g/mol. The van der Waals surface area contributed by atoms with Crippen LogP contribution in [0.3, 0.4) is 0 Å². The quantitative estimate of drug-likeness (QED) is 0.479. The number of nitrogens with one attached hydrogen (secondary N) is 1. The topological polar surface area (TPSA) is 68.3 Å². The maximum atomic E-state index is 12.4. The van der Waals surface area contributed by atoms with Gasteiger partial charge < -0.3 is 10.1 Å². The molecule has 2 aromatic rings. The van der Waals surface area contributed by atoms with Gasteiger partial charge in [0.15, 0.2) is 4.34 Å². The summed E-state index contributed by atoms with van der Waals surface area (Å²) in [6, 6.07) is 10.4. The van der Waals surface area contributed by atoms with Crippen molar-refractivity contribution in [3.05, 3.63) is 47.0 Å². The number of amides is 1. The molecule has 0 saturated heterocycles. The van der Waals surface area contributed by atoms with E-state index in [1.165, 1.54) is 28.7 Å². The molecule has 1 aromatic heterocycles. The second-order valence-electron chi connectivity index (χ2n) is 6.28. The van der Waals surface area contributed by atoms with Gasteiger partial charge in [-0.15, -0.1) is 11.3 Å². The molecule has 0 saturated carbocycles. The third kappa shape index (κ3) is 7.72. The van der Waals surface area contributed by atoms with Gasteiger partial charge in [0.1, 0.15) is 0 Å². The average molecular weight is 407 g/mol. The Hall–Kier alpha value is -1.86. The molecule has 7 heteroatoms. The lowest BCUT2D eigenvalue weighted by Gasteiger charge is -2.16. The molecule has 2 rings (SSSR count). The van der Waals surface area contributed by atoms with E-state index >= 15 is 0 Å². The molecule has 0 aliphatic carbocycles. The molecule has 2 atom stereocenters. The van der Waals surface area contributed by atoms with Crippen LogP contribution in [0, 0.1) is 0 Å². The van der Waals surface area contributed by atoms with Crippen molar-refractivity contribution in [1.82, 2.24) is 10.3 Å². The first-order valence-corrected chi connectivity index (χ1v) is 10.8. The van der Waals surface area contributed by atoms with Crippen LogP contribution in [0.5, 0.6) is 0 Å². The minimum Gasteiger partial charge on any atom is -0.466 e. The SMILES string of the molecule is CCOC(=O)Cc1csc(S[C@H](C)C(=O)N[C@H](C)CCc2ccccc2)n1. The van der Waals surface area contributed by atoms with E-state index < -0.39 is 0 Å². The van der Waals surface area contributed by atoms with Gasteiger partial charge in [0.05, 0.1) is 24.0 Å². The first-order chi connectivity index (χ1) is 13.0. The standard InChI is InChI=1S/C20H26N2O3S2/c1-4-25-18(23)12-17-13-26-20(22-17)27-15(3)19(24)21-14(2)10-11-16-8-6-5-7-9-16/h5-9,13-15H,4,10-12H2,1-3H3,(H,21,24)/t14-,15-/m1/s1. The first-order valence-electron chi connectivity index (χ1n) is 9.09. The van der Waals surface area contributed by atoms with Crippen LogP contribution < -0.4 is 5.32 Å². The van der Waals surface area contributed by atoms with Gasteiger partial charge >= 0.3 is 5.97 Å². The van der Waals surface area contributed by atoms with E-state index in [1.54, 1.807) is 6.92 Å². The molecule has 146 valence electrons. The van der Waals surface area contributed by atoms with E-state index in [0.717, 1.165) is 17.2 Å². The molecule has 0 unspecified atom stereocenters. The zero-order chi connectivity index (χ0) is 19.6. The van der Waals surface area contributed by atoms with E-state index in [1.807, 2.05) is 37.4 Å². The summed E-state index contributed by atoms with van der Waals surface area (Å²) >= 11 is 2.86. The van der Waals surface area contributed by atoms with Gasteiger partial charge in [0, 0.05) is 11.4 Å². The van der Waals surface area contributed by atoms with Gasteiger partial charge in [-0.05, 0) is 39.2 Å². The summed E-state index contributed by atoms with van der Waals surface area (Å²) in [5, 5.41) is 4.66. The molecule has 27 heavy (non-hydrogen) atoms. The van der Waals surface area contributed by atoms with E-state index in [4.69, 9.17) is 4.74 Å². The normalized spacial score (nSPS) is 13.0. The molecule has 1 amide bonds. The summed E-state index contributed by atoms with van der Waals surface area (Å²) in [6.45, 7) is 6.04. The van der Waals surface area contributed by atoms with Crippen molar-refractivity contribution in [3.63, 3.8) is 0 Å².